The Morgan fingerprint density at radius 2 is 2.18 bits per heavy atom. The molecule has 2 N–H and O–H groups in total. The Balaban J connectivity index is 1.62. The number of pyridine rings is 1. The van der Waals surface area contributed by atoms with Crippen molar-refractivity contribution in [2.45, 2.75) is 19.4 Å². The zero-order valence-electron chi connectivity index (χ0n) is 12.2. The van der Waals surface area contributed by atoms with Crippen LogP contribution in [0.15, 0.2) is 30.7 Å². The summed E-state index contributed by atoms with van der Waals surface area (Å²) in [5, 5.41) is 4.73. The minimum absolute atomic E-state index is 0.335. The molecule has 7 heteroatoms. The topological polar surface area (TPSA) is 77.0 Å². The van der Waals surface area contributed by atoms with Crippen LogP contribution in [0.3, 0.4) is 0 Å². The van der Waals surface area contributed by atoms with E-state index < -0.39 is 5.91 Å². The fourth-order valence-corrected chi connectivity index (χ4v) is 3.08. The molecule has 0 unspecified atom stereocenters. The quantitative estimate of drug-likeness (QED) is 0.934. The second kappa shape index (κ2) is 6.36. The molecule has 3 heterocycles. The SMILES string of the molecule is NC(=O)c1cnc(N2CCC(Cn3cccn3)CC2)c(Cl)c1. The van der Waals surface area contributed by atoms with Crippen molar-refractivity contribution in [2.75, 3.05) is 18.0 Å². The first-order valence-corrected chi connectivity index (χ1v) is 7.69. The highest BCUT2D eigenvalue weighted by molar-refractivity contribution is 6.33. The van der Waals surface area contributed by atoms with Crippen molar-refractivity contribution in [1.82, 2.24) is 14.8 Å². The predicted octanol–water partition coefficient (Wildman–Crippen LogP) is 1.95. The molecule has 0 atom stereocenters. The summed E-state index contributed by atoms with van der Waals surface area (Å²) in [6, 6.07) is 3.53. The average Bonchev–Trinajstić information content (AvgIpc) is 3.01. The van der Waals surface area contributed by atoms with Gasteiger partial charge in [0.15, 0.2) is 0 Å². The number of hydrogen-bond donors (Lipinski definition) is 1. The van der Waals surface area contributed by atoms with E-state index in [1.165, 1.54) is 6.20 Å². The number of nitrogens with two attached hydrogens (primary N) is 1. The van der Waals surface area contributed by atoms with Gasteiger partial charge in [-0.25, -0.2) is 4.98 Å². The average molecular weight is 320 g/mol. The van der Waals surface area contributed by atoms with E-state index in [9.17, 15) is 4.79 Å². The zero-order chi connectivity index (χ0) is 15.5. The number of primary amides is 1. The lowest BCUT2D eigenvalue weighted by molar-refractivity contribution is 0.1000. The summed E-state index contributed by atoms with van der Waals surface area (Å²) in [6.45, 7) is 2.74. The van der Waals surface area contributed by atoms with Gasteiger partial charge >= 0.3 is 0 Å². The first-order valence-electron chi connectivity index (χ1n) is 7.31. The van der Waals surface area contributed by atoms with E-state index in [0.29, 0.717) is 16.5 Å². The standard InChI is InChI=1S/C15H18ClN5O/c16-13-8-12(14(17)22)9-18-15(13)20-6-2-11(3-7-20)10-21-5-1-4-19-21/h1,4-5,8-9,11H,2-3,6-7,10H2,(H2,17,22). The van der Waals surface area contributed by atoms with Gasteiger partial charge in [-0.05, 0) is 30.9 Å². The Kier molecular flexibility index (Phi) is 4.29. The van der Waals surface area contributed by atoms with Crippen LogP contribution < -0.4 is 10.6 Å². The fourth-order valence-electron chi connectivity index (χ4n) is 2.80. The van der Waals surface area contributed by atoms with Crippen molar-refractivity contribution >= 4 is 23.3 Å². The van der Waals surface area contributed by atoms with E-state index in [2.05, 4.69) is 15.0 Å². The molecule has 3 rings (SSSR count). The number of nitrogens with zero attached hydrogens (tertiary/aromatic N) is 4. The molecule has 0 radical (unpaired) electrons. The van der Waals surface area contributed by atoms with Crippen molar-refractivity contribution in [3.63, 3.8) is 0 Å². The number of piperidine rings is 1. The third-order valence-corrected chi connectivity index (χ3v) is 4.30. The van der Waals surface area contributed by atoms with Gasteiger partial charge in [0.2, 0.25) is 5.91 Å². The Hall–Kier alpha value is -2.08. The second-order valence-corrected chi connectivity index (χ2v) is 5.96. The van der Waals surface area contributed by atoms with E-state index in [4.69, 9.17) is 17.3 Å². The number of rotatable bonds is 4. The van der Waals surface area contributed by atoms with Crippen molar-refractivity contribution < 1.29 is 4.79 Å². The molecule has 1 saturated heterocycles. The Morgan fingerprint density at radius 3 is 2.77 bits per heavy atom. The lowest BCUT2D eigenvalue weighted by Crippen LogP contribution is -2.35. The number of anilines is 1. The van der Waals surface area contributed by atoms with Gasteiger partial charge in [-0.1, -0.05) is 11.6 Å². The maximum Gasteiger partial charge on any atom is 0.250 e. The summed E-state index contributed by atoms with van der Waals surface area (Å²) in [7, 11) is 0. The van der Waals surface area contributed by atoms with Crippen LogP contribution in [0.4, 0.5) is 5.82 Å². The highest BCUT2D eigenvalue weighted by Crippen LogP contribution is 2.28. The van der Waals surface area contributed by atoms with Crippen LogP contribution in [-0.4, -0.2) is 33.8 Å². The van der Waals surface area contributed by atoms with Crippen LogP contribution >= 0.6 is 11.6 Å². The van der Waals surface area contributed by atoms with Gasteiger partial charge in [-0.3, -0.25) is 9.48 Å². The van der Waals surface area contributed by atoms with Gasteiger partial charge in [0.1, 0.15) is 5.82 Å². The van der Waals surface area contributed by atoms with Crippen molar-refractivity contribution in [3.05, 3.63) is 41.3 Å². The third-order valence-electron chi connectivity index (χ3n) is 4.02. The molecule has 1 aliphatic heterocycles. The van der Waals surface area contributed by atoms with E-state index in [0.717, 1.165) is 38.3 Å². The molecule has 116 valence electrons. The van der Waals surface area contributed by atoms with Gasteiger partial charge in [0.25, 0.3) is 0 Å². The van der Waals surface area contributed by atoms with Crippen LogP contribution in [0.1, 0.15) is 23.2 Å². The van der Waals surface area contributed by atoms with Gasteiger partial charge in [0, 0.05) is 38.2 Å². The summed E-state index contributed by atoms with van der Waals surface area (Å²) in [5.41, 5.74) is 5.57. The summed E-state index contributed by atoms with van der Waals surface area (Å²) in [5.74, 6) is 0.822. The van der Waals surface area contributed by atoms with Gasteiger partial charge in [-0.15, -0.1) is 0 Å². The minimum atomic E-state index is -0.515. The van der Waals surface area contributed by atoms with E-state index in [1.807, 2.05) is 16.9 Å². The molecule has 1 aliphatic rings. The normalized spacial score (nSPS) is 16.0. The molecule has 1 amide bonds. The molecule has 6 nitrogen and oxygen atoms in total. The largest absolute Gasteiger partial charge is 0.366 e. The highest BCUT2D eigenvalue weighted by Gasteiger charge is 2.22. The molecule has 2 aromatic rings. The Bertz CT molecular complexity index is 650. The van der Waals surface area contributed by atoms with Crippen LogP contribution in [0, 0.1) is 5.92 Å². The molecule has 0 bridgehead atoms. The molecule has 22 heavy (non-hydrogen) atoms. The number of aromatic nitrogens is 3. The smallest absolute Gasteiger partial charge is 0.250 e. The lowest BCUT2D eigenvalue weighted by Gasteiger charge is -2.33. The maximum absolute atomic E-state index is 11.1. The molecule has 2 aromatic heterocycles. The molecule has 0 aromatic carbocycles. The van der Waals surface area contributed by atoms with E-state index in [-0.39, 0.29) is 0 Å². The van der Waals surface area contributed by atoms with Crippen molar-refractivity contribution in [3.8, 4) is 0 Å². The van der Waals surface area contributed by atoms with Crippen LogP contribution in [-0.2, 0) is 6.54 Å². The zero-order valence-corrected chi connectivity index (χ0v) is 12.9. The number of amides is 1. The second-order valence-electron chi connectivity index (χ2n) is 5.55. The fraction of sp³-hybridized carbons (Fsp3) is 0.400. The highest BCUT2D eigenvalue weighted by atomic mass is 35.5. The lowest BCUT2D eigenvalue weighted by atomic mass is 9.97. The number of carbonyl (C=O) groups excluding carboxylic acids is 1. The summed E-state index contributed by atoms with van der Waals surface area (Å²) in [4.78, 5) is 17.6. The van der Waals surface area contributed by atoms with Crippen LogP contribution in [0.5, 0.6) is 0 Å². The Labute approximate surface area is 133 Å². The molecule has 0 saturated carbocycles. The van der Waals surface area contributed by atoms with E-state index >= 15 is 0 Å². The van der Waals surface area contributed by atoms with Crippen LogP contribution in [0.2, 0.25) is 5.02 Å². The Morgan fingerprint density at radius 1 is 1.41 bits per heavy atom. The van der Waals surface area contributed by atoms with Crippen molar-refractivity contribution in [2.24, 2.45) is 11.7 Å². The van der Waals surface area contributed by atoms with Crippen LogP contribution in [0.25, 0.3) is 0 Å². The number of carbonyl (C=O) groups is 1. The molecular formula is C15H18ClN5O. The third kappa shape index (κ3) is 3.22. The number of halogens is 1. The summed E-state index contributed by atoms with van der Waals surface area (Å²) in [6.07, 6.45) is 7.41. The first kappa shape index (κ1) is 14.8. The first-order chi connectivity index (χ1) is 10.6. The van der Waals surface area contributed by atoms with Gasteiger partial charge in [0.05, 0.1) is 10.6 Å². The molecular weight excluding hydrogens is 302 g/mol. The monoisotopic (exact) mass is 319 g/mol. The molecule has 1 fully saturated rings. The minimum Gasteiger partial charge on any atom is -0.366 e. The molecule has 0 aliphatic carbocycles. The van der Waals surface area contributed by atoms with Gasteiger partial charge < -0.3 is 10.6 Å². The predicted molar refractivity (Wildman–Crippen MR) is 84.9 cm³/mol. The maximum atomic E-state index is 11.1. The summed E-state index contributed by atoms with van der Waals surface area (Å²) < 4.78 is 1.98. The van der Waals surface area contributed by atoms with Crippen molar-refractivity contribution in [1.29, 1.82) is 0 Å². The number of hydrogen-bond acceptors (Lipinski definition) is 4. The summed E-state index contributed by atoms with van der Waals surface area (Å²) >= 11 is 6.23. The van der Waals surface area contributed by atoms with Gasteiger partial charge in [-0.2, -0.15) is 5.10 Å². The molecule has 0 spiro atoms. The van der Waals surface area contributed by atoms with E-state index in [1.54, 1.807) is 12.3 Å².